The minimum absolute atomic E-state index is 0.0776. The fourth-order valence-corrected chi connectivity index (χ4v) is 3.01. The average molecular weight is 382 g/mol. The van der Waals surface area contributed by atoms with E-state index in [2.05, 4.69) is 10.6 Å². The molecule has 1 aliphatic heterocycles. The Morgan fingerprint density at radius 1 is 1.11 bits per heavy atom. The Hall–Kier alpha value is -2.86. The summed E-state index contributed by atoms with van der Waals surface area (Å²) in [5.41, 5.74) is 1.58. The molecule has 148 valence electrons. The SMILES string of the molecule is CC(C)Oc1ccc(C(=O)Nc2cccc(C(=O)NC[C@H]3CCCO3)c2)cc1. The normalized spacial score (nSPS) is 16.0. The summed E-state index contributed by atoms with van der Waals surface area (Å²) >= 11 is 0. The van der Waals surface area contributed by atoms with Gasteiger partial charge in [0.2, 0.25) is 0 Å². The number of anilines is 1. The van der Waals surface area contributed by atoms with Crippen LogP contribution in [0, 0.1) is 0 Å². The smallest absolute Gasteiger partial charge is 0.255 e. The summed E-state index contributed by atoms with van der Waals surface area (Å²) in [6.07, 6.45) is 2.17. The molecule has 3 rings (SSSR count). The maximum atomic E-state index is 12.5. The van der Waals surface area contributed by atoms with Gasteiger partial charge in [0.1, 0.15) is 5.75 Å². The lowest BCUT2D eigenvalue weighted by Gasteiger charge is -2.12. The van der Waals surface area contributed by atoms with Crippen molar-refractivity contribution in [3.05, 3.63) is 59.7 Å². The first-order chi connectivity index (χ1) is 13.5. The number of nitrogens with one attached hydrogen (secondary N) is 2. The van der Waals surface area contributed by atoms with Crippen molar-refractivity contribution >= 4 is 17.5 Å². The molecule has 2 N–H and O–H groups in total. The van der Waals surface area contributed by atoms with Crippen LogP contribution in [-0.4, -0.2) is 37.2 Å². The van der Waals surface area contributed by atoms with Crippen molar-refractivity contribution < 1.29 is 19.1 Å². The maximum Gasteiger partial charge on any atom is 0.255 e. The van der Waals surface area contributed by atoms with Crippen LogP contribution in [0.25, 0.3) is 0 Å². The van der Waals surface area contributed by atoms with Gasteiger partial charge in [-0.25, -0.2) is 0 Å². The second-order valence-corrected chi connectivity index (χ2v) is 7.07. The molecule has 0 saturated carbocycles. The highest BCUT2D eigenvalue weighted by Crippen LogP contribution is 2.17. The van der Waals surface area contributed by atoms with Crippen molar-refractivity contribution in [2.45, 2.75) is 38.9 Å². The highest BCUT2D eigenvalue weighted by atomic mass is 16.5. The Balaban J connectivity index is 1.58. The minimum atomic E-state index is -0.243. The Morgan fingerprint density at radius 2 is 1.89 bits per heavy atom. The van der Waals surface area contributed by atoms with E-state index in [0.717, 1.165) is 25.2 Å². The van der Waals surface area contributed by atoms with Gasteiger partial charge in [-0.3, -0.25) is 9.59 Å². The highest BCUT2D eigenvalue weighted by Gasteiger charge is 2.17. The van der Waals surface area contributed by atoms with Gasteiger partial charge in [0.15, 0.2) is 0 Å². The van der Waals surface area contributed by atoms with E-state index in [1.165, 1.54) is 0 Å². The van der Waals surface area contributed by atoms with E-state index < -0.39 is 0 Å². The van der Waals surface area contributed by atoms with Gasteiger partial charge in [-0.05, 0) is 69.2 Å². The molecule has 0 aliphatic carbocycles. The van der Waals surface area contributed by atoms with Crippen LogP contribution < -0.4 is 15.4 Å². The molecule has 6 nitrogen and oxygen atoms in total. The number of rotatable bonds is 7. The topological polar surface area (TPSA) is 76.7 Å². The first kappa shape index (κ1) is 19.9. The molecule has 2 aromatic rings. The summed E-state index contributed by atoms with van der Waals surface area (Å²) < 4.78 is 11.1. The molecule has 28 heavy (non-hydrogen) atoms. The molecule has 0 unspecified atom stereocenters. The summed E-state index contributed by atoms with van der Waals surface area (Å²) in [6.45, 7) is 5.15. The highest BCUT2D eigenvalue weighted by molar-refractivity contribution is 6.05. The Bertz CT molecular complexity index is 812. The van der Waals surface area contributed by atoms with Gasteiger partial charge < -0.3 is 20.1 Å². The van der Waals surface area contributed by atoms with Crippen molar-refractivity contribution in [1.29, 1.82) is 0 Å². The summed E-state index contributed by atoms with van der Waals surface area (Å²) in [4.78, 5) is 24.8. The van der Waals surface area contributed by atoms with Gasteiger partial charge in [0.05, 0.1) is 12.2 Å². The fraction of sp³-hybridized carbons (Fsp3) is 0.364. The first-order valence-electron chi connectivity index (χ1n) is 9.59. The fourth-order valence-electron chi connectivity index (χ4n) is 3.01. The maximum absolute atomic E-state index is 12.5. The van der Waals surface area contributed by atoms with Gasteiger partial charge >= 0.3 is 0 Å². The quantitative estimate of drug-likeness (QED) is 0.767. The van der Waals surface area contributed by atoms with Crippen LogP contribution in [0.3, 0.4) is 0 Å². The van der Waals surface area contributed by atoms with Crippen LogP contribution in [0.1, 0.15) is 47.4 Å². The second kappa shape index (κ2) is 9.37. The average Bonchev–Trinajstić information content (AvgIpc) is 3.20. The second-order valence-electron chi connectivity index (χ2n) is 7.07. The van der Waals surface area contributed by atoms with Crippen LogP contribution in [0.2, 0.25) is 0 Å². The van der Waals surface area contributed by atoms with Crippen molar-refractivity contribution in [1.82, 2.24) is 5.32 Å². The molecular formula is C22H26N2O4. The molecular weight excluding hydrogens is 356 g/mol. The molecule has 0 spiro atoms. The van der Waals surface area contributed by atoms with Crippen LogP contribution in [0.5, 0.6) is 5.75 Å². The van der Waals surface area contributed by atoms with Crippen molar-refractivity contribution in [2.24, 2.45) is 0 Å². The zero-order valence-electron chi connectivity index (χ0n) is 16.2. The Kier molecular flexibility index (Phi) is 6.66. The monoisotopic (exact) mass is 382 g/mol. The lowest BCUT2D eigenvalue weighted by Crippen LogP contribution is -2.31. The molecule has 1 saturated heterocycles. The van der Waals surface area contributed by atoms with E-state index in [-0.39, 0.29) is 24.0 Å². The molecule has 1 fully saturated rings. The summed E-state index contributed by atoms with van der Waals surface area (Å²) in [5.74, 6) is 0.297. The molecule has 0 aromatic heterocycles. The lowest BCUT2D eigenvalue weighted by atomic mass is 10.1. The van der Waals surface area contributed by atoms with E-state index in [9.17, 15) is 9.59 Å². The number of amides is 2. The number of ether oxygens (including phenoxy) is 2. The standard InChI is InChI=1S/C22H26N2O4/c1-15(2)28-19-10-8-16(9-11-19)22(26)24-18-6-3-5-17(13-18)21(25)23-14-20-7-4-12-27-20/h3,5-6,8-11,13,15,20H,4,7,12,14H2,1-2H3,(H,23,25)(H,24,26)/t20-/m1/s1. The largest absolute Gasteiger partial charge is 0.491 e. The van der Waals surface area contributed by atoms with E-state index >= 15 is 0 Å². The van der Waals surface area contributed by atoms with Crippen LogP contribution in [-0.2, 0) is 4.74 Å². The third-order valence-corrected chi connectivity index (χ3v) is 4.39. The van der Waals surface area contributed by atoms with Gasteiger partial charge in [-0.15, -0.1) is 0 Å². The first-order valence-corrected chi connectivity index (χ1v) is 9.59. The Labute approximate surface area is 165 Å². The minimum Gasteiger partial charge on any atom is -0.491 e. The van der Waals surface area contributed by atoms with Crippen LogP contribution >= 0.6 is 0 Å². The number of benzene rings is 2. The third-order valence-electron chi connectivity index (χ3n) is 4.39. The van der Waals surface area contributed by atoms with Gasteiger partial charge in [-0.2, -0.15) is 0 Å². The van der Waals surface area contributed by atoms with Crippen molar-refractivity contribution in [3.63, 3.8) is 0 Å². The molecule has 1 aliphatic rings. The summed E-state index contributed by atoms with van der Waals surface area (Å²) in [6, 6.07) is 13.9. The molecule has 1 heterocycles. The Morgan fingerprint density at radius 3 is 2.57 bits per heavy atom. The summed E-state index contributed by atoms with van der Waals surface area (Å²) in [7, 11) is 0. The van der Waals surface area contributed by atoms with Gasteiger partial charge in [0, 0.05) is 30.0 Å². The number of carbonyl (C=O) groups is 2. The third kappa shape index (κ3) is 5.57. The van der Waals surface area contributed by atoms with Crippen LogP contribution in [0.15, 0.2) is 48.5 Å². The number of carbonyl (C=O) groups excluding carboxylic acids is 2. The van der Waals surface area contributed by atoms with E-state index in [1.54, 1.807) is 48.5 Å². The number of hydrogen-bond acceptors (Lipinski definition) is 4. The summed E-state index contributed by atoms with van der Waals surface area (Å²) in [5, 5.41) is 5.71. The van der Waals surface area contributed by atoms with Crippen LogP contribution in [0.4, 0.5) is 5.69 Å². The molecule has 2 aromatic carbocycles. The zero-order chi connectivity index (χ0) is 19.9. The van der Waals surface area contributed by atoms with Gasteiger partial charge in [-0.1, -0.05) is 6.07 Å². The zero-order valence-corrected chi connectivity index (χ0v) is 16.2. The lowest BCUT2D eigenvalue weighted by molar-refractivity contribution is 0.0857. The van der Waals surface area contributed by atoms with E-state index in [4.69, 9.17) is 9.47 Å². The molecule has 0 bridgehead atoms. The molecule has 2 amide bonds. The molecule has 6 heteroatoms. The number of hydrogen-bond donors (Lipinski definition) is 2. The van der Waals surface area contributed by atoms with E-state index in [1.807, 2.05) is 13.8 Å². The van der Waals surface area contributed by atoms with E-state index in [0.29, 0.717) is 23.4 Å². The molecule has 1 atom stereocenters. The van der Waals surface area contributed by atoms with Crippen molar-refractivity contribution in [2.75, 3.05) is 18.5 Å². The molecule has 0 radical (unpaired) electrons. The van der Waals surface area contributed by atoms with Crippen molar-refractivity contribution in [3.8, 4) is 5.75 Å². The predicted octanol–water partition coefficient (Wildman–Crippen LogP) is 3.63. The predicted molar refractivity (Wildman–Crippen MR) is 108 cm³/mol. The van der Waals surface area contributed by atoms with Gasteiger partial charge in [0.25, 0.3) is 11.8 Å².